The molecule has 0 amide bonds. The number of H-pyrrole nitrogens is 2. The van der Waals surface area contributed by atoms with Crippen molar-refractivity contribution in [1.82, 2.24) is 20.4 Å². The molecule has 25 heavy (non-hydrogen) atoms. The lowest BCUT2D eigenvalue weighted by Gasteiger charge is -2.12. The summed E-state index contributed by atoms with van der Waals surface area (Å²) < 4.78 is 5.12. The van der Waals surface area contributed by atoms with Crippen LogP contribution in [0.3, 0.4) is 0 Å². The first kappa shape index (κ1) is 16.0. The Labute approximate surface area is 149 Å². The smallest absolute Gasteiger partial charge is 0.356 e. The van der Waals surface area contributed by atoms with Crippen molar-refractivity contribution in [2.45, 2.75) is 30.5 Å². The SMILES string of the molecule is CCOC(=O)c1[nH]nc2c1CCc1[nH]nc(SCc3ccccc3)c1-2. The van der Waals surface area contributed by atoms with E-state index in [1.165, 1.54) is 5.56 Å². The molecule has 1 aliphatic carbocycles. The Hall–Kier alpha value is -2.54. The summed E-state index contributed by atoms with van der Waals surface area (Å²) in [6, 6.07) is 10.3. The maximum absolute atomic E-state index is 12.1. The molecule has 4 rings (SSSR count). The Morgan fingerprint density at radius 2 is 2.04 bits per heavy atom. The number of aryl methyl sites for hydroxylation is 1. The molecule has 1 aromatic carbocycles. The molecule has 2 aromatic heterocycles. The minimum Gasteiger partial charge on any atom is -0.461 e. The fourth-order valence-corrected chi connectivity index (χ4v) is 4.02. The Bertz CT molecular complexity index is 901. The van der Waals surface area contributed by atoms with E-state index >= 15 is 0 Å². The van der Waals surface area contributed by atoms with E-state index in [0.29, 0.717) is 12.3 Å². The van der Waals surface area contributed by atoms with Crippen LogP contribution in [-0.2, 0) is 23.3 Å². The van der Waals surface area contributed by atoms with Crippen molar-refractivity contribution >= 4 is 17.7 Å². The first-order chi connectivity index (χ1) is 12.3. The van der Waals surface area contributed by atoms with Crippen LogP contribution in [0, 0.1) is 0 Å². The van der Waals surface area contributed by atoms with E-state index in [1.807, 2.05) is 18.2 Å². The zero-order valence-electron chi connectivity index (χ0n) is 13.8. The predicted octanol–water partition coefficient (Wildman–Crippen LogP) is 3.37. The number of benzene rings is 1. The highest BCUT2D eigenvalue weighted by Gasteiger charge is 2.29. The number of carbonyl (C=O) groups is 1. The molecule has 0 saturated carbocycles. The Balaban J connectivity index is 1.63. The molecule has 2 N–H and O–H groups in total. The van der Waals surface area contributed by atoms with E-state index in [4.69, 9.17) is 4.74 Å². The third-order valence-electron chi connectivity index (χ3n) is 4.23. The molecule has 0 unspecified atom stereocenters. The van der Waals surface area contributed by atoms with Crippen LogP contribution in [0.2, 0.25) is 0 Å². The van der Waals surface area contributed by atoms with Gasteiger partial charge in [-0.1, -0.05) is 42.1 Å². The molecule has 2 heterocycles. The van der Waals surface area contributed by atoms with Gasteiger partial charge in [0.1, 0.15) is 16.4 Å². The van der Waals surface area contributed by atoms with Crippen molar-refractivity contribution in [2.75, 3.05) is 6.61 Å². The van der Waals surface area contributed by atoms with Gasteiger partial charge in [-0.15, -0.1) is 0 Å². The molecule has 0 spiro atoms. The number of carbonyl (C=O) groups excluding carboxylic acids is 1. The maximum Gasteiger partial charge on any atom is 0.356 e. The van der Waals surface area contributed by atoms with E-state index in [2.05, 4.69) is 32.5 Å². The zero-order chi connectivity index (χ0) is 17.2. The van der Waals surface area contributed by atoms with Crippen LogP contribution >= 0.6 is 11.8 Å². The van der Waals surface area contributed by atoms with Crippen molar-refractivity contribution in [1.29, 1.82) is 0 Å². The molecular formula is C18H18N4O2S. The lowest BCUT2D eigenvalue weighted by atomic mass is 9.94. The van der Waals surface area contributed by atoms with Gasteiger partial charge in [0.05, 0.1) is 12.2 Å². The van der Waals surface area contributed by atoms with Crippen molar-refractivity contribution in [2.24, 2.45) is 0 Å². The molecule has 7 heteroatoms. The van der Waals surface area contributed by atoms with Crippen LogP contribution in [0.1, 0.15) is 34.2 Å². The summed E-state index contributed by atoms with van der Waals surface area (Å²) >= 11 is 1.67. The fourth-order valence-electron chi connectivity index (χ4n) is 3.05. The second-order valence-electron chi connectivity index (χ2n) is 5.80. The highest BCUT2D eigenvalue weighted by molar-refractivity contribution is 7.98. The summed E-state index contributed by atoms with van der Waals surface area (Å²) in [6.45, 7) is 2.15. The van der Waals surface area contributed by atoms with Crippen LogP contribution in [0.5, 0.6) is 0 Å². The molecule has 0 saturated heterocycles. The number of thioether (sulfide) groups is 1. The lowest BCUT2D eigenvalue weighted by Crippen LogP contribution is -2.10. The minimum absolute atomic E-state index is 0.346. The van der Waals surface area contributed by atoms with Gasteiger partial charge in [-0.05, 0) is 25.3 Å². The Morgan fingerprint density at radius 1 is 1.20 bits per heavy atom. The molecule has 1 aliphatic rings. The fraction of sp³-hybridized carbons (Fsp3) is 0.278. The number of esters is 1. The van der Waals surface area contributed by atoms with Crippen LogP contribution in [-0.4, -0.2) is 33.0 Å². The molecule has 128 valence electrons. The third kappa shape index (κ3) is 2.95. The number of aromatic amines is 2. The van der Waals surface area contributed by atoms with Crippen LogP contribution in [0.15, 0.2) is 35.4 Å². The normalized spacial score (nSPS) is 12.5. The number of nitrogens with one attached hydrogen (secondary N) is 2. The van der Waals surface area contributed by atoms with Gasteiger partial charge < -0.3 is 4.74 Å². The number of nitrogens with zero attached hydrogens (tertiary/aromatic N) is 2. The summed E-state index contributed by atoms with van der Waals surface area (Å²) in [5, 5.41) is 15.8. The molecule has 3 aromatic rings. The molecule has 0 fully saturated rings. The minimum atomic E-state index is -0.346. The Kier molecular flexibility index (Phi) is 4.31. The van der Waals surface area contributed by atoms with Gasteiger partial charge in [-0.2, -0.15) is 10.2 Å². The van der Waals surface area contributed by atoms with Gasteiger partial charge in [0, 0.05) is 17.0 Å². The first-order valence-corrected chi connectivity index (χ1v) is 9.25. The number of aromatic nitrogens is 4. The largest absolute Gasteiger partial charge is 0.461 e. The molecule has 6 nitrogen and oxygen atoms in total. The van der Waals surface area contributed by atoms with Gasteiger partial charge in [0.15, 0.2) is 0 Å². The van der Waals surface area contributed by atoms with E-state index in [9.17, 15) is 4.79 Å². The second kappa shape index (κ2) is 6.76. The molecule has 0 atom stereocenters. The molecular weight excluding hydrogens is 336 g/mol. The van der Waals surface area contributed by atoms with Crippen molar-refractivity contribution in [3.63, 3.8) is 0 Å². The zero-order valence-corrected chi connectivity index (χ0v) is 14.7. The van der Waals surface area contributed by atoms with Gasteiger partial charge in [-0.25, -0.2) is 4.79 Å². The van der Waals surface area contributed by atoms with Gasteiger partial charge in [0.25, 0.3) is 0 Å². The van der Waals surface area contributed by atoms with Crippen LogP contribution in [0.4, 0.5) is 0 Å². The van der Waals surface area contributed by atoms with Gasteiger partial charge >= 0.3 is 5.97 Å². The molecule has 0 radical (unpaired) electrons. The van der Waals surface area contributed by atoms with Crippen molar-refractivity contribution in [3.8, 4) is 11.3 Å². The summed E-state index contributed by atoms with van der Waals surface area (Å²) in [6.07, 6.45) is 1.56. The number of fused-ring (bicyclic) bond motifs is 3. The van der Waals surface area contributed by atoms with Gasteiger partial charge in [-0.3, -0.25) is 10.2 Å². The Morgan fingerprint density at radius 3 is 2.84 bits per heavy atom. The lowest BCUT2D eigenvalue weighted by molar-refractivity contribution is 0.0518. The topological polar surface area (TPSA) is 83.7 Å². The number of hydrogen-bond acceptors (Lipinski definition) is 5. The van der Waals surface area contributed by atoms with E-state index in [-0.39, 0.29) is 5.97 Å². The van der Waals surface area contributed by atoms with Crippen molar-refractivity contribution < 1.29 is 9.53 Å². The number of ether oxygens (including phenoxy) is 1. The quantitative estimate of drug-likeness (QED) is 0.542. The highest BCUT2D eigenvalue weighted by atomic mass is 32.2. The summed E-state index contributed by atoms with van der Waals surface area (Å²) in [5.41, 5.74) is 5.53. The van der Waals surface area contributed by atoms with Crippen molar-refractivity contribution in [3.05, 3.63) is 52.8 Å². The van der Waals surface area contributed by atoms with E-state index < -0.39 is 0 Å². The number of rotatable bonds is 5. The maximum atomic E-state index is 12.1. The number of hydrogen-bond donors (Lipinski definition) is 2. The standard InChI is InChI=1S/C18H18N4O2S/c1-2-24-18(23)16-12-8-9-13-14(15(12)20-21-16)17(22-19-13)25-10-11-6-4-3-5-7-11/h3-7H,2,8-10H2,1H3,(H,19,22)(H,20,21). The second-order valence-corrected chi connectivity index (χ2v) is 6.77. The molecule has 0 aliphatic heterocycles. The third-order valence-corrected chi connectivity index (χ3v) is 5.28. The molecule has 0 bridgehead atoms. The van der Waals surface area contributed by atoms with Crippen LogP contribution < -0.4 is 0 Å². The summed E-state index contributed by atoms with van der Waals surface area (Å²) in [5.74, 6) is 0.490. The summed E-state index contributed by atoms with van der Waals surface area (Å²) in [7, 11) is 0. The van der Waals surface area contributed by atoms with Crippen LogP contribution in [0.25, 0.3) is 11.3 Å². The monoisotopic (exact) mass is 354 g/mol. The predicted molar refractivity (Wildman–Crippen MR) is 95.5 cm³/mol. The average molecular weight is 354 g/mol. The average Bonchev–Trinajstić information content (AvgIpc) is 3.24. The van der Waals surface area contributed by atoms with E-state index in [1.54, 1.807) is 18.7 Å². The summed E-state index contributed by atoms with van der Waals surface area (Å²) in [4.78, 5) is 12.1. The highest BCUT2D eigenvalue weighted by Crippen LogP contribution is 2.39. The van der Waals surface area contributed by atoms with E-state index in [0.717, 1.165) is 46.1 Å². The van der Waals surface area contributed by atoms with Gasteiger partial charge in [0.2, 0.25) is 0 Å². The first-order valence-electron chi connectivity index (χ1n) is 8.26.